The number of ketones is 1. The largest absolute Gasteiger partial charge is 0.344 e. The third-order valence-corrected chi connectivity index (χ3v) is 1.63. The van der Waals surface area contributed by atoms with E-state index in [9.17, 15) is 4.79 Å². The van der Waals surface area contributed by atoms with E-state index in [1.165, 1.54) is 0 Å². The van der Waals surface area contributed by atoms with E-state index >= 15 is 0 Å². The summed E-state index contributed by atoms with van der Waals surface area (Å²) in [7, 11) is 0. The van der Waals surface area contributed by atoms with Crippen LogP contribution in [0.1, 0.15) is 0 Å². The van der Waals surface area contributed by atoms with Gasteiger partial charge in [-0.3, -0.25) is 4.79 Å². The molecule has 2 aliphatic rings. The number of hydrogen-bond acceptors (Lipinski definition) is 3. The minimum absolute atomic E-state index is 0.00593. The minimum Gasteiger partial charge on any atom is -0.344 e. The summed E-state index contributed by atoms with van der Waals surface area (Å²) in [4.78, 5) is 10.8. The number of rotatable bonds is 0. The summed E-state index contributed by atoms with van der Waals surface area (Å²) in [5, 5.41) is 0. The molecule has 0 aromatic carbocycles. The molecule has 0 aliphatic carbocycles. The molecule has 0 N–H and O–H groups in total. The number of fused-ring (bicyclic) bond motifs is 1. The van der Waals surface area contributed by atoms with Gasteiger partial charge in [-0.1, -0.05) is 12.2 Å². The predicted octanol–water partition coefficient (Wildman–Crippen LogP) is 0.425. The first-order valence-corrected chi connectivity index (χ1v) is 3.50. The lowest BCUT2D eigenvalue weighted by atomic mass is 10.1. The quantitative estimate of drug-likeness (QED) is 0.504. The van der Waals surface area contributed by atoms with Crippen LogP contribution in [-0.4, -0.2) is 25.3 Å². The molecular weight excluding hydrogens is 144 g/mol. The Balaban J connectivity index is 2.28. The third kappa shape index (κ3) is 1.25. The van der Waals surface area contributed by atoms with E-state index in [2.05, 4.69) is 0 Å². The van der Waals surface area contributed by atoms with E-state index in [4.69, 9.17) is 9.47 Å². The lowest BCUT2D eigenvalue weighted by Gasteiger charge is -2.24. The number of carbonyl (C=O) groups excluding carboxylic acids is 1. The highest BCUT2D eigenvalue weighted by molar-refractivity contribution is 5.92. The highest BCUT2D eigenvalue weighted by Gasteiger charge is 2.22. The zero-order valence-corrected chi connectivity index (χ0v) is 5.95. The van der Waals surface area contributed by atoms with Crippen molar-refractivity contribution in [3.05, 3.63) is 23.8 Å². The summed E-state index contributed by atoms with van der Waals surface area (Å²) in [5.74, 6) is 0.00593. The predicted molar refractivity (Wildman–Crippen MR) is 37.9 cm³/mol. The van der Waals surface area contributed by atoms with E-state index in [0.29, 0.717) is 6.61 Å². The van der Waals surface area contributed by atoms with Crippen LogP contribution in [0.15, 0.2) is 23.8 Å². The molecule has 3 heteroatoms. The number of carbonyl (C=O) groups is 1. The van der Waals surface area contributed by atoms with Gasteiger partial charge in [0.25, 0.3) is 0 Å². The van der Waals surface area contributed by atoms with E-state index < -0.39 is 0 Å². The summed E-state index contributed by atoms with van der Waals surface area (Å²) < 4.78 is 10.3. The fourth-order valence-corrected chi connectivity index (χ4v) is 1.15. The lowest BCUT2D eigenvalue weighted by Crippen LogP contribution is -2.29. The van der Waals surface area contributed by atoms with Gasteiger partial charge in [0, 0.05) is 5.57 Å². The second kappa shape index (κ2) is 2.60. The molecule has 0 saturated heterocycles. The topological polar surface area (TPSA) is 35.5 Å². The fourth-order valence-electron chi connectivity index (χ4n) is 1.15. The molecule has 1 atom stereocenters. The summed E-state index contributed by atoms with van der Waals surface area (Å²) in [6.07, 6.45) is 5.00. The van der Waals surface area contributed by atoms with Crippen molar-refractivity contribution in [1.82, 2.24) is 0 Å². The molecule has 0 amide bonds. The van der Waals surface area contributed by atoms with Crippen molar-refractivity contribution in [3.63, 3.8) is 0 Å². The van der Waals surface area contributed by atoms with Crippen LogP contribution < -0.4 is 0 Å². The Morgan fingerprint density at radius 2 is 2.36 bits per heavy atom. The molecule has 0 bridgehead atoms. The molecule has 2 heterocycles. The first-order chi connectivity index (χ1) is 5.36. The first kappa shape index (κ1) is 6.76. The summed E-state index contributed by atoms with van der Waals surface area (Å²) in [6, 6.07) is 0. The van der Waals surface area contributed by atoms with Crippen molar-refractivity contribution in [2.24, 2.45) is 0 Å². The zero-order chi connectivity index (χ0) is 7.68. The van der Waals surface area contributed by atoms with Crippen LogP contribution >= 0.6 is 0 Å². The number of ether oxygens (including phenoxy) is 2. The van der Waals surface area contributed by atoms with Gasteiger partial charge in [0.15, 0.2) is 12.1 Å². The Morgan fingerprint density at radius 1 is 1.45 bits per heavy atom. The Morgan fingerprint density at radius 3 is 3.27 bits per heavy atom. The smallest absolute Gasteiger partial charge is 0.184 e. The zero-order valence-electron chi connectivity index (χ0n) is 5.95. The van der Waals surface area contributed by atoms with Gasteiger partial charge in [-0.05, 0) is 6.08 Å². The van der Waals surface area contributed by atoms with Gasteiger partial charge in [-0.15, -0.1) is 0 Å². The molecule has 0 saturated carbocycles. The molecule has 0 aromatic heterocycles. The average Bonchev–Trinajstić information content (AvgIpc) is 2.04. The highest BCUT2D eigenvalue weighted by Crippen LogP contribution is 2.18. The van der Waals surface area contributed by atoms with Crippen LogP contribution in [-0.2, 0) is 14.3 Å². The second-order valence-corrected chi connectivity index (χ2v) is 2.49. The van der Waals surface area contributed by atoms with Gasteiger partial charge >= 0.3 is 0 Å². The molecule has 1 unspecified atom stereocenters. The van der Waals surface area contributed by atoms with Crippen LogP contribution in [0.2, 0.25) is 0 Å². The van der Waals surface area contributed by atoms with Gasteiger partial charge in [0.05, 0.1) is 6.61 Å². The van der Waals surface area contributed by atoms with E-state index in [0.717, 1.165) is 5.57 Å². The Hall–Kier alpha value is -0.930. The van der Waals surface area contributed by atoms with Crippen molar-refractivity contribution in [1.29, 1.82) is 0 Å². The fraction of sp³-hybridized carbons (Fsp3) is 0.375. The van der Waals surface area contributed by atoms with Crippen molar-refractivity contribution in [2.45, 2.75) is 6.29 Å². The highest BCUT2D eigenvalue weighted by atomic mass is 16.7. The maximum absolute atomic E-state index is 10.8. The first-order valence-electron chi connectivity index (χ1n) is 3.50. The minimum atomic E-state index is -0.308. The third-order valence-electron chi connectivity index (χ3n) is 1.63. The average molecular weight is 152 g/mol. The van der Waals surface area contributed by atoms with E-state index in [-0.39, 0.29) is 18.7 Å². The Kier molecular flexibility index (Phi) is 1.60. The van der Waals surface area contributed by atoms with Crippen molar-refractivity contribution in [2.75, 3.05) is 13.2 Å². The number of hydrogen-bond donors (Lipinski definition) is 0. The second-order valence-electron chi connectivity index (χ2n) is 2.49. The summed E-state index contributed by atoms with van der Waals surface area (Å²) >= 11 is 0. The SMILES string of the molecule is O=C1C=C2C=CCOC2OC1. The van der Waals surface area contributed by atoms with E-state index in [1.807, 2.05) is 12.2 Å². The summed E-state index contributed by atoms with van der Waals surface area (Å²) in [6.45, 7) is 0.707. The van der Waals surface area contributed by atoms with Gasteiger partial charge in [-0.25, -0.2) is 0 Å². The normalized spacial score (nSPS) is 29.6. The van der Waals surface area contributed by atoms with Crippen LogP contribution in [0.25, 0.3) is 0 Å². The van der Waals surface area contributed by atoms with Crippen molar-refractivity contribution in [3.8, 4) is 0 Å². The Labute approximate surface area is 64.3 Å². The molecule has 58 valence electrons. The van der Waals surface area contributed by atoms with Crippen LogP contribution in [0.5, 0.6) is 0 Å². The van der Waals surface area contributed by atoms with Crippen LogP contribution in [0.3, 0.4) is 0 Å². The maximum atomic E-state index is 10.8. The molecule has 11 heavy (non-hydrogen) atoms. The standard InChI is InChI=1S/C8H8O3/c9-7-4-6-2-1-3-10-8(6)11-5-7/h1-2,4,8H,3,5H2. The van der Waals surface area contributed by atoms with E-state index in [1.54, 1.807) is 6.08 Å². The van der Waals surface area contributed by atoms with Crippen molar-refractivity contribution >= 4 is 5.78 Å². The van der Waals surface area contributed by atoms with Gasteiger partial charge in [-0.2, -0.15) is 0 Å². The van der Waals surface area contributed by atoms with Crippen molar-refractivity contribution < 1.29 is 14.3 Å². The molecule has 2 aliphatic heterocycles. The molecule has 0 aromatic rings. The van der Waals surface area contributed by atoms with Crippen LogP contribution in [0, 0.1) is 0 Å². The Bertz CT molecular complexity index is 240. The molecule has 0 fully saturated rings. The molecule has 2 rings (SSSR count). The monoisotopic (exact) mass is 152 g/mol. The molecule has 0 radical (unpaired) electrons. The lowest BCUT2D eigenvalue weighted by molar-refractivity contribution is -0.143. The molecule has 3 nitrogen and oxygen atoms in total. The van der Waals surface area contributed by atoms with Gasteiger partial charge < -0.3 is 9.47 Å². The molecular formula is C8H8O3. The molecule has 0 spiro atoms. The van der Waals surface area contributed by atoms with Gasteiger partial charge in [0.1, 0.15) is 6.61 Å². The van der Waals surface area contributed by atoms with Crippen LogP contribution in [0.4, 0.5) is 0 Å². The van der Waals surface area contributed by atoms with Gasteiger partial charge in [0.2, 0.25) is 0 Å². The summed E-state index contributed by atoms with van der Waals surface area (Å²) in [5.41, 5.74) is 0.826. The maximum Gasteiger partial charge on any atom is 0.184 e.